The third kappa shape index (κ3) is 2.88. The second-order valence-electron chi connectivity index (χ2n) is 4.32. The molecule has 0 fully saturated rings. The Morgan fingerprint density at radius 2 is 2.00 bits per heavy atom. The summed E-state index contributed by atoms with van der Waals surface area (Å²) >= 11 is 3.23. The molecule has 7 heteroatoms. The molecule has 1 aromatic heterocycles. The van der Waals surface area contributed by atoms with Crippen LogP contribution < -0.4 is 10.5 Å². The van der Waals surface area contributed by atoms with Crippen LogP contribution in [-0.4, -0.2) is 9.91 Å². The first-order valence-electron chi connectivity index (χ1n) is 5.73. The van der Waals surface area contributed by atoms with Gasteiger partial charge in [0.15, 0.2) is 0 Å². The summed E-state index contributed by atoms with van der Waals surface area (Å²) in [6.07, 6.45) is 1.45. The van der Waals surface area contributed by atoms with Gasteiger partial charge in [-0.1, -0.05) is 15.9 Å². The van der Waals surface area contributed by atoms with Gasteiger partial charge in [-0.25, -0.2) is 4.98 Å². The Hall–Kier alpha value is -2.15. The first-order valence-corrected chi connectivity index (χ1v) is 6.52. The van der Waals surface area contributed by atoms with Crippen molar-refractivity contribution >= 4 is 27.3 Å². The lowest BCUT2D eigenvalue weighted by atomic mass is 10.2. The molecular formula is C13H12BrN3O3. The summed E-state index contributed by atoms with van der Waals surface area (Å²) in [6.45, 7) is 3.51. The van der Waals surface area contributed by atoms with Crippen molar-refractivity contribution < 1.29 is 9.66 Å². The van der Waals surface area contributed by atoms with Gasteiger partial charge < -0.3 is 10.5 Å². The maximum atomic E-state index is 11.1. The van der Waals surface area contributed by atoms with Gasteiger partial charge in [-0.05, 0) is 26.0 Å². The summed E-state index contributed by atoms with van der Waals surface area (Å²) in [5.41, 5.74) is 7.36. The zero-order valence-electron chi connectivity index (χ0n) is 10.9. The largest absolute Gasteiger partial charge is 0.431 e. The topological polar surface area (TPSA) is 91.3 Å². The number of rotatable bonds is 3. The molecule has 0 amide bonds. The average molecular weight is 338 g/mol. The van der Waals surface area contributed by atoms with E-state index in [0.29, 0.717) is 27.2 Å². The van der Waals surface area contributed by atoms with Crippen molar-refractivity contribution in [2.45, 2.75) is 13.8 Å². The Kier molecular flexibility index (Phi) is 3.89. The van der Waals surface area contributed by atoms with E-state index in [1.165, 1.54) is 12.3 Å². The summed E-state index contributed by atoms with van der Waals surface area (Å²) < 4.78 is 6.23. The Morgan fingerprint density at radius 3 is 2.60 bits per heavy atom. The number of hydrogen-bond acceptors (Lipinski definition) is 5. The number of ether oxygens (including phenoxy) is 1. The Bertz CT molecular complexity index is 689. The summed E-state index contributed by atoms with van der Waals surface area (Å²) in [7, 11) is 0. The van der Waals surface area contributed by atoms with Crippen LogP contribution in [0.5, 0.6) is 11.6 Å². The van der Waals surface area contributed by atoms with Crippen molar-refractivity contribution in [2.75, 3.05) is 5.73 Å². The number of nitro groups is 1. The Morgan fingerprint density at radius 1 is 1.30 bits per heavy atom. The number of benzene rings is 1. The molecule has 0 spiro atoms. The molecule has 1 heterocycles. The van der Waals surface area contributed by atoms with Crippen LogP contribution in [0.25, 0.3) is 0 Å². The van der Waals surface area contributed by atoms with Crippen molar-refractivity contribution in [2.24, 2.45) is 0 Å². The molecule has 0 saturated carbocycles. The summed E-state index contributed by atoms with van der Waals surface area (Å²) in [6, 6.07) is 4.84. The molecule has 2 aromatic rings. The highest BCUT2D eigenvalue weighted by Gasteiger charge is 2.20. The fourth-order valence-electron chi connectivity index (χ4n) is 1.77. The molecule has 2 N–H and O–H groups in total. The zero-order chi connectivity index (χ0) is 14.9. The van der Waals surface area contributed by atoms with Crippen LogP contribution in [0, 0.1) is 24.0 Å². The first-order chi connectivity index (χ1) is 9.38. The minimum Gasteiger partial charge on any atom is -0.431 e. The molecule has 20 heavy (non-hydrogen) atoms. The molecule has 0 aliphatic heterocycles. The molecular weight excluding hydrogens is 326 g/mol. The molecule has 0 unspecified atom stereocenters. The second-order valence-corrected chi connectivity index (χ2v) is 5.24. The summed E-state index contributed by atoms with van der Waals surface area (Å²) in [5.74, 6) is 0.478. The van der Waals surface area contributed by atoms with Gasteiger partial charge in [-0.3, -0.25) is 10.1 Å². The van der Waals surface area contributed by atoms with Gasteiger partial charge in [0.2, 0.25) is 11.6 Å². The molecule has 0 bridgehead atoms. The lowest BCUT2D eigenvalue weighted by molar-refractivity contribution is -0.385. The van der Waals surface area contributed by atoms with Crippen LogP contribution in [0.4, 0.5) is 11.4 Å². The highest BCUT2D eigenvalue weighted by atomic mass is 79.9. The van der Waals surface area contributed by atoms with E-state index in [4.69, 9.17) is 10.5 Å². The second kappa shape index (κ2) is 5.46. The van der Waals surface area contributed by atoms with E-state index in [9.17, 15) is 10.1 Å². The minimum atomic E-state index is -0.486. The lowest BCUT2D eigenvalue weighted by Gasteiger charge is -2.11. The molecule has 2 rings (SSSR count). The highest BCUT2D eigenvalue weighted by molar-refractivity contribution is 9.10. The van der Waals surface area contributed by atoms with E-state index < -0.39 is 4.92 Å². The number of nitrogens with two attached hydrogens (primary N) is 1. The molecule has 0 aliphatic carbocycles. The van der Waals surface area contributed by atoms with Crippen LogP contribution in [-0.2, 0) is 0 Å². The van der Waals surface area contributed by atoms with Gasteiger partial charge in [0.25, 0.3) is 0 Å². The van der Waals surface area contributed by atoms with Crippen molar-refractivity contribution in [3.8, 4) is 11.6 Å². The van der Waals surface area contributed by atoms with Crippen LogP contribution in [0.15, 0.2) is 28.9 Å². The molecule has 0 saturated heterocycles. The van der Waals surface area contributed by atoms with Crippen LogP contribution >= 0.6 is 15.9 Å². The van der Waals surface area contributed by atoms with E-state index in [2.05, 4.69) is 20.9 Å². The molecule has 1 aromatic carbocycles. The third-order valence-corrected chi connectivity index (χ3v) is 3.12. The predicted octanol–water partition coefficient (Wildman–Crippen LogP) is 3.74. The fraction of sp³-hybridized carbons (Fsp3) is 0.154. The SMILES string of the molecule is Cc1cc(N)cnc1Oc1c(C)cc(Br)cc1[N+](=O)[O-]. The van der Waals surface area contributed by atoms with E-state index in [-0.39, 0.29) is 11.4 Å². The Balaban J connectivity index is 2.50. The predicted molar refractivity (Wildman–Crippen MR) is 79.0 cm³/mol. The van der Waals surface area contributed by atoms with E-state index in [1.807, 2.05) is 0 Å². The molecule has 0 radical (unpaired) electrons. The fourth-order valence-corrected chi connectivity index (χ4v) is 2.33. The zero-order valence-corrected chi connectivity index (χ0v) is 12.5. The number of aryl methyl sites for hydroxylation is 2. The van der Waals surface area contributed by atoms with Crippen molar-refractivity contribution in [1.82, 2.24) is 4.98 Å². The van der Waals surface area contributed by atoms with Crippen molar-refractivity contribution in [3.63, 3.8) is 0 Å². The normalized spacial score (nSPS) is 10.3. The van der Waals surface area contributed by atoms with E-state index >= 15 is 0 Å². The van der Waals surface area contributed by atoms with Gasteiger partial charge in [-0.15, -0.1) is 0 Å². The van der Waals surface area contributed by atoms with Crippen LogP contribution in [0.3, 0.4) is 0 Å². The lowest BCUT2D eigenvalue weighted by Crippen LogP contribution is -1.99. The monoisotopic (exact) mass is 337 g/mol. The third-order valence-electron chi connectivity index (χ3n) is 2.67. The van der Waals surface area contributed by atoms with Crippen LogP contribution in [0.2, 0.25) is 0 Å². The standard InChI is InChI=1S/C13H12BrN3O3/c1-7-3-9(14)5-11(17(18)19)12(7)20-13-8(2)4-10(15)6-16-13/h3-6H,15H2,1-2H3. The van der Waals surface area contributed by atoms with Crippen LogP contribution in [0.1, 0.15) is 11.1 Å². The summed E-state index contributed by atoms with van der Waals surface area (Å²) in [4.78, 5) is 14.7. The first kappa shape index (κ1) is 14.3. The smallest absolute Gasteiger partial charge is 0.313 e. The van der Waals surface area contributed by atoms with Gasteiger partial charge in [0, 0.05) is 21.7 Å². The maximum Gasteiger partial charge on any atom is 0.313 e. The number of hydrogen-bond donors (Lipinski definition) is 1. The minimum absolute atomic E-state index is 0.116. The number of aromatic nitrogens is 1. The average Bonchev–Trinajstić information content (AvgIpc) is 2.34. The number of nitrogens with zero attached hydrogens (tertiary/aromatic N) is 2. The number of halogens is 1. The van der Waals surface area contributed by atoms with Gasteiger partial charge in [0.05, 0.1) is 16.8 Å². The number of nitrogen functional groups attached to an aromatic ring is 1. The molecule has 0 aliphatic rings. The molecule has 104 valence electrons. The number of anilines is 1. The van der Waals surface area contributed by atoms with E-state index in [1.54, 1.807) is 26.0 Å². The summed E-state index contributed by atoms with van der Waals surface area (Å²) in [5, 5.41) is 11.1. The van der Waals surface area contributed by atoms with Crippen molar-refractivity contribution in [3.05, 3.63) is 50.1 Å². The van der Waals surface area contributed by atoms with Gasteiger partial charge in [-0.2, -0.15) is 0 Å². The number of nitro benzene ring substituents is 1. The van der Waals surface area contributed by atoms with E-state index in [0.717, 1.165) is 0 Å². The van der Waals surface area contributed by atoms with Gasteiger partial charge >= 0.3 is 5.69 Å². The van der Waals surface area contributed by atoms with Crippen molar-refractivity contribution in [1.29, 1.82) is 0 Å². The molecule has 0 atom stereocenters. The van der Waals surface area contributed by atoms with Gasteiger partial charge in [0.1, 0.15) is 0 Å². The quantitative estimate of drug-likeness (QED) is 0.680. The highest BCUT2D eigenvalue weighted by Crippen LogP contribution is 2.37. The Labute approximate surface area is 123 Å². The maximum absolute atomic E-state index is 11.1. The molecule has 6 nitrogen and oxygen atoms in total. The number of pyridine rings is 1.